The Labute approximate surface area is 79.3 Å². The van der Waals surface area contributed by atoms with Crippen LogP contribution in [0.3, 0.4) is 0 Å². The van der Waals surface area contributed by atoms with Gasteiger partial charge in [0.2, 0.25) is 0 Å². The quantitative estimate of drug-likeness (QED) is 0.679. The van der Waals surface area contributed by atoms with Crippen molar-refractivity contribution in [2.75, 3.05) is 13.2 Å². The molecule has 1 atom stereocenters. The van der Waals surface area contributed by atoms with Crippen molar-refractivity contribution in [1.82, 2.24) is 0 Å². The smallest absolute Gasteiger partial charge is 0.126 e. The van der Waals surface area contributed by atoms with E-state index in [1.165, 1.54) is 25.7 Å². The molecule has 1 aliphatic carbocycles. The first-order chi connectivity index (χ1) is 6.21. The lowest BCUT2D eigenvalue weighted by atomic mass is 9.85. The van der Waals surface area contributed by atoms with E-state index in [-0.39, 0.29) is 6.04 Å². The van der Waals surface area contributed by atoms with Gasteiger partial charge in [0.05, 0.1) is 13.2 Å². The zero-order valence-electron chi connectivity index (χ0n) is 8.04. The van der Waals surface area contributed by atoms with Crippen LogP contribution in [0.2, 0.25) is 0 Å². The third-order valence-electron chi connectivity index (χ3n) is 3.46. The Morgan fingerprint density at radius 1 is 1.38 bits per heavy atom. The molecular weight excluding hydrogens is 166 g/mol. The van der Waals surface area contributed by atoms with Crippen molar-refractivity contribution < 1.29 is 9.84 Å². The van der Waals surface area contributed by atoms with Crippen LogP contribution < -0.4 is 5.73 Å². The fourth-order valence-corrected chi connectivity index (χ4v) is 2.35. The zero-order valence-corrected chi connectivity index (χ0v) is 8.04. The molecule has 3 heteroatoms. The van der Waals surface area contributed by atoms with Crippen LogP contribution in [0.15, 0.2) is 0 Å². The molecule has 1 aliphatic heterocycles. The van der Waals surface area contributed by atoms with E-state index in [0.717, 1.165) is 12.3 Å². The SMILES string of the molecule is NC(CC1CCCC1)C1(O)COC1. The van der Waals surface area contributed by atoms with Gasteiger partial charge in [0.25, 0.3) is 0 Å². The summed E-state index contributed by atoms with van der Waals surface area (Å²) < 4.78 is 4.99. The molecular formula is C10H19NO2. The fraction of sp³-hybridized carbons (Fsp3) is 1.00. The van der Waals surface area contributed by atoms with Gasteiger partial charge in [-0.1, -0.05) is 25.7 Å². The fourth-order valence-electron chi connectivity index (χ4n) is 2.35. The Hall–Kier alpha value is -0.120. The average Bonchev–Trinajstić information content (AvgIpc) is 2.52. The summed E-state index contributed by atoms with van der Waals surface area (Å²) in [5.41, 5.74) is 5.26. The van der Waals surface area contributed by atoms with Gasteiger partial charge in [0.1, 0.15) is 5.60 Å². The molecule has 3 N–H and O–H groups in total. The number of rotatable bonds is 3. The Morgan fingerprint density at radius 3 is 2.46 bits per heavy atom. The van der Waals surface area contributed by atoms with Crippen LogP contribution in [0.25, 0.3) is 0 Å². The second kappa shape index (κ2) is 3.56. The monoisotopic (exact) mass is 185 g/mol. The number of hydrogen-bond acceptors (Lipinski definition) is 3. The lowest BCUT2D eigenvalue weighted by molar-refractivity contribution is -0.191. The first-order valence-electron chi connectivity index (χ1n) is 5.26. The van der Waals surface area contributed by atoms with Crippen LogP contribution in [0.5, 0.6) is 0 Å². The Morgan fingerprint density at radius 2 is 2.00 bits per heavy atom. The maximum atomic E-state index is 9.89. The highest BCUT2D eigenvalue weighted by molar-refractivity contribution is 4.96. The summed E-state index contributed by atoms with van der Waals surface area (Å²) in [6.45, 7) is 0.863. The van der Waals surface area contributed by atoms with Crippen LogP contribution in [-0.4, -0.2) is 30.0 Å². The van der Waals surface area contributed by atoms with E-state index in [9.17, 15) is 5.11 Å². The molecule has 3 nitrogen and oxygen atoms in total. The molecule has 0 radical (unpaired) electrons. The van der Waals surface area contributed by atoms with E-state index in [0.29, 0.717) is 13.2 Å². The molecule has 2 fully saturated rings. The van der Waals surface area contributed by atoms with Crippen molar-refractivity contribution in [2.24, 2.45) is 11.7 Å². The summed E-state index contributed by atoms with van der Waals surface area (Å²) in [5.74, 6) is 0.750. The van der Waals surface area contributed by atoms with Crippen LogP contribution in [0.1, 0.15) is 32.1 Å². The Balaban J connectivity index is 1.79. The van der Waals surface area contributed by atoms with E-state index in [1.807, 2.05) is 0 Å². The molecule has 1 saturated heterocycles. The molecule has 0 spiro atoms. The van der Waals surface area contributed by atoms with Gasteiger partial charge < -0.3 is 15.6 Å². The minimum atomic E-state index is -0.706. The molecule has 0 aromatic carbocycles. The normalized spacial score (nSPS) is 30.0. The molecule has 2 aliphatic rings. The lowest BCUT2D eigenvalue weighted by Crippen LogP contribution is -2.61. The largest absolute Gasteiger partial charge is 0.383 e. The predicted octanol–water partition coefficient (Wildman–Crippen LogP) is 0.655. The van der Waals surface area contributed by atoms with Gasteiger partial charge in [-0.3, -0.25) is 0 Å². The molecule has 1 unspecified atom stereocenters. The minimum absolute atomic E-state index is 0.0793. The van der Waals surface area contributed by atoms with Crippen molar-refractivity contribution in [3.63, 3.8) is 0 Å². The standard InChI is InChI=1S/C10H19NO2/c11-9(10(12)6-13-7-10)5-8-3-1-2-4-8/h8-9,12H,1-7,11H2. The summed E-state index contributed by atoms with van der Waals surface area (Å²) in [4.78, 5) is 0. The lowest BCUT2D eigenvalue weighted by Gasteiger charge is -2.41. The van der Waals surface area contributed by atoms with Crippen LogP contribution >= 0.6 is 0 Å². The second-order valence-corrected chi connectivity index (χ2v) is 4.59. The molecule has 2 rings (SSSR count). The third kappa shape index (κ3) is 1.87. The van der Waals surface area contributed by atoms with Gasteiger partial charge in [0, 0.05) is 6.04 Å². The van der Waals surface area contributed by atoms with Gasteiger partial charge in [-0.05, 0) is 12.3 Å². The van der Waals surface area contributed by atoms with Crippen molar-refractivity contribution in [2.45, 2.75) is 43.7 Å². The van der Waals surface area contributed by atoms with E-state index in [2.05, 4.69) is 0 Å². The van der Waals surface area contributed by atoms with E-state index < -0.39 is 5.60 Å². The highest BCUT2D eigenvalue weighted by atomic mass is 16.5. The van der Waals surface area contributed by atoms with E-state index >= 15 is 0 Å². The first kappa shape index (κ1) is 9.44. The Bertz CT molecular complexity index is 174. The molecule has 0 bridgehead atoms. The van der Waals surface area contributed by atoms with Gasteiger partial charge in [-0.25, -0.2) is 0 Å². The zero-order chi connectivity index (χ0) is 9.31. The Kier molecular flexibility index (Phi) is 2.58. The maximum Gasteiger partial charge on any atom is 0.126 e. The molecule has 0 aromatic rings. The van der Waals surface area contributed by atoms with Crippen molar-refractivity contribution in [3.8, 4) is 0 Å². The summed E-state index contributed by atoms with van der Waals surface area (Å²) in [6, 6.07) is -0.0793. The van der Waals surface area contributed by atoms with Crippen LogP contribution in [0, 0.1) is 5.92 Å². The van der Waals surface area contributed by atoms with E-state index in [1.54, 1.807) is 0 Å². The second-order valence-electron chi connectivity index (χ2n) is 4.59. The number of ether oxygens (including phenoxy) is 1. The van der Waals surface area contributed by atoms with Crippen molar-refractivity contribution in [1.29, 1.82) is 0 Å². The molecule has 1 saturated carbocycles. The molecule has 76 valence electrons. The number of nitrogens with two attached hydrogens (primary N) is 1. The number of aliphatic hydroxyl groups is 1. The first-order valence-corrected chi connectivity index (χ1v) is 5.26. The summed E-state index contributed by atoms with van der Waals surface area (Å²) in [7, 11) is 0. The molecule has 0 aromatic heterocycles. The van der Waals surface area contributed by atoms with E-state index in [4.69, 9.17) is 10.5 Å². The molecule has 13 heavy (non-hydrogen) atoms. The summed E-state index contributed by atoms with van der Waals surface area (Å²) in [6.07, 6.45) is 6.24. The summed E-state index contributed by atoms with van der Waals surface area (Å²) in [5, 5.41) is 9.89. The molecule has 0 amide bonds. The number of hydrogen-bond donors (Lipinski definition) is 2. The van der Waals surface area contributed by atoms with Gasteiger partial charge in [-0.15, -0.1) is 0 Å². The van der Waals surface area contributed by atoms with Gasteiger partial charge in [-0.2, -0.15) is 0 Å². The van der Waals surface area contributed by atoms with Crippen molar-refractivity contribution >= 4 is 0 Å². The average molecular weight is 185 g/mol. The summed E-state index contributed by atoms with van der Waals surface area (Å²) >= 11 is 0. The highest BCUT2D eigenvalue weighted by Gasteiger charge is 2.42. The van der Waals surface area contributed by atoms with Gasteiger partial charge >= 0.3 is 0 Å². The van der Waals surface area contributed by atoms with Crippen molar-refractivity contribution in [3.05, 3.63) is 0 Å². The predicted molar refractivity (Wildman–Crippen MR) is 50.3 cm³/mol. The highest BCUT2D eigenvalue weighted by Crippen LogP contribution is 2.32. The molecule has 1 heterocycles. The minimum Gasteiger partial charge on any atom is -0.383 e. The van der Waals surface area contributed by atoms with Crippen LogP contribution in [-0.2, 0) is 4.74 Å². The van der Waals surface area contributed by atoms with Gasteiger partial charge in [0.15, 0.2) is 0 Å². The third-order valence-corrected chi connectivity index (χ3v) is 3.46. The topological polar surface area (TPSA) is 55.5 Å². The van der Waals surface area contributed by atoms with Crippen LogP contribution in [0.4, 0.5) is 0 Å². The maximum absolute atomic E-state index is 9.89.